The van der Waals surface area contributed by atoms with Crippen LogP contribution in [0, 0.1) is 0 Å². The molecule has 62 valence electrons. The molecule has 0 aliphatic rings. The third-order valence-corrected chi connectivity index (χ3v) is 2.94. The van der Waals surface area contributed by atoms with Crippen LogP contribution in [0.4, 0.5) is 0 Å². The molecule has 0 unspecified atom stereocenters. The average Bonchev–Trinajstić information content (AvgIpc) is 2.58. The first-order valence-corrected chi connectivity index (χ1v) is 5.15. The van der Waals surface area contributed by atoms with Crippen molar-refractivity contribution in [2.24, 2.45) is 0 Å². The number of rotatable bonds is 0. The van der Waals surface area contributed by atoms with Gasteiger partial charge >= 0.3 is 107 Å². The van der Waals surface area contributed by atoms with Crippen LogP contribution in [-0.4, -0.2) is 35.4 Å². The SMILES string of the molecule is [Li][c]1cccc2oc3ccc[c]([Li])c3c12. The third kappa shape index (κ3) is 1.40. The van der Waals surface area contributed by atoms with Gasteiger partial charge in [-0.25, -0.2) is 0 Å². The van der Waals surface area contributed by atoms with Gasteiger partial charge in [0.1, 0.15) is 0 Å². The average molecular weight is 180 g/mol. The first-order valence-electron chi connectivity index (χ1n) is 5.15. The van der Waals surface area contributed by atoms with Crippen LogP contribution < -0.4 is 8.47 Å². The molecule has 0 amide bonds. The molecule has 1 aromatic heterocycles. The van der Waals surface area contributed by atoms with Crippen LogP contribution >= 0.6 is 0 Å². The number of furan rings is 1. The molecule has 15 heavy (non-hydrogen) atoms. The minimum absolute atomic E-state index is 0.985. The molecule has 0 fully saturated rings. The van der Waals surface area contributed by atoms with Crippen LogP contribution in [0.15, 0.2) is 40.8 Å². The molecule has 0 bridgehead atoms. The van der Waals surface area contributed by atoms with Gasteiger partial charge in [0.2, 0.25) is 0 Å². The van der Waals surface area contributed by atoms with Crippen molar-refractivity contribution in [2.75, 3.05) is 0 Å². The van der Waals surface area contributed by atoms with Crippen molar-refractivity contribution in [3.63, 3.8) is 0 Å². The van der Waals surface area contributed by atoms with Crippen LogP contribution in [0.2, 0.25) is 0 Å². The summed E-state index contributed by atoms with van der Waals surface area (Å²) in [7, 11) is 0. The maximum atomic E-state index is 5.81. The Kier molecular flexibility index (Phi) is 2.24. The minimum atomic E-state index is 0.985. The van der Waals surface area contributed by atoms with Gasteiger partial charge in [0.15, 0.2) is 0 Å². The Labute approximate surface area is 106 Å². The summed E-state index contributed by atoms with van der Waals surface area (Å²) in [6.07, 6.45) is 0. The first kappa shape index (κ1) is 9.65. The van der Waals surface area contributed by atoms with Crippen molar-refractivity contribution in [3.05, 3.63) is 36.4 Å². The summed E-state index contributed by atoms with van der Waals surface area (Å²) < 4.78 is 8.37. The standard InChI is InChI=1S/C12H6O.2Li/c1-3-7-11-9(5-1)10-6-2-4-8-12(10)13-11;;/h1-4,7-8H;;. The summed E-state index contributed by atoms with van der Waals surface area (Å²) in [5, 5.41) is 2.51. The van der Waals surface area contributed by atoms with Gasteiger partial charge in [-0.3, -0.25) is 0 Å². The van der Waals surface area contributed by atoms with Gasteiger partial charge in [-0.05, 0) is 0 Å². The fourth-order valence-electron chi connectivity index (χ4n) is 2.21. The summed E-state index contributed by atoms with van der Waals surface area (Å²) in [4.78, 5) is 0. The Morgan fingerprint density at radius 2 is 1.20 bits per heavy atom. The molecule has 0 N–H and O–H groups in total. The van der Waals surface area contributed by atoms with Crippen LogP contribution in [0.25, 0.3) is 21.9 Å². The van der Waals surface area contributed by atoms with Gasteiger partial charge in [0, 0.05) is 0 Å². The molecule has 0 saturated carbocycles. The van der Waals surface area contributed by atoms with E-state index < -0.39 is 0 Å². The van der Waals surface area contributed by atoms with Crippen LogP contribution in [0.3, 0.4) is 0 Å². The topological polar surface area (TPSA) is 13.1 Å². The van der Waals surface area contributed by atoms with Crippen molar-refractivity contribution in [3.8, 4) is 0 Å². The molecule has 0 aliphatic heterocycles. The first-order chi connectivity index (χ1) is 7.27. The van der Waals surface area contributed by atoms with E-state index in [1.54, 1.807) is 0 Å². The number of fused-ring (bicyclic) bond motifs is 3. The second-order valence-corrected chi connectivity index (χ2v) is 4.00. The summed E-state index contributed by atoms with van der Waals surface area (Å²) in [5.74, 6) is 0. The van der Waals surface area contributed by atoms with Gasteiger partial charge in [-0.15, -0.1) is 0 Å². The van der Waals surface area contributed by atoms with Crippen molar-refractivity contribution in [1.82, 2.24) is 0 Å². The van der Waals surface area contributed by atoms with Crippen molar-refractivity contribution >= 4 is 65.8 Å². The van der Waals surface area contributed by atoms with Crippen molar-refractivity contribution in [2.45, 2.75) is 0 Å². The van der Waals surface area contributed by atoms with E-state index in [9.17, 15) is 0 Å². The number of hydrogen-bond acceptors (Lipinski definition) is 1. The number of hydrogen-bond donors (Lipinski definition) is 0. The van der Waals surface area contributed by atoms with E-state index in [-0.39, 0.29) is 0 Å². The molecule has 3 rings (SSSR count). The van der Waals surface area contributed by atoms with E-state index in [2.05, 4.69) is 47.6 Å². The molecule has 0 aliphatic carbocycles. The second-order valence-electron chi connectivity index (χ2n) is 4.00. The molecule has 0 spiro atoms. The van der Waals surface area contributed by atoms with Gasteiger partial charge in [0.05, 0.1) is 0 Å². The molecule has 1 nitrogen and oxygen atoms in total. The van der Waals surface area contributed by atoms with E-state index in [4.69, 9.17) is 4.42 Å². The predicted molar refractivity (Wildman–Crippen MR) is 64.5 cm³/mol. The zero-order chi connectivity index (χ0) is 10.4. The fraction of sp³-hybridized carbons (Fsp3) is 0. The van der Waals surface area contributed by atoms with Gasteiger partial charge in [0.25, 0.3) is 0 Å². The van der Waals surface area contributed by atoms with Gasteiger partial charge < -0.3 is 0 Å². The number of benzene rings is 2. The second kappa shape index (κ2) is 3.48. The predicted octanol–water partition coefficient (Wildman–Crippen LogP) is 1.17. The fourth-order valence-corrected chi connectivity index (χ4v) is 2.21. The molecular formula is C12H6Li2O. The molecule has 3 aromatic rings. The van der Waals surface area contributed by atoms with Crippen LogP contribution in [0.5, 0.6) is 0 Å². The van der Waals surface area contributed by atoms with Crippen molar-refractivity contribution in [1.29, 1.82) is 0 Å². The summed E-state index contributed by atoms with van der Waals surface area (Å²) >= 11 is 4.26. The van der Waals surface area contributed by atoms with Crippen LogP contribution in [0.1, 0.15) is 0 Å². The Morgan fingerprint density at radius 1 is 0.733 bits per heavy atom. The molecule has 1 heterocycles. The summed E-state index contributed by atoms with van der Waals surface area (Å²) in [5.41, 5.74) is 1.97. The Balaban J connectivity index is 2.67. The summed E-state index contributed by atoms with van der Waals surface area (Å²) in [6, 6.07) is 12.4. The Hall–Kier alpha value is -0.565. The van der Waals surface area contributed by atoms with E-state index in [0.29, 0.717) is 0 Å². The third-order valence-electron chi connectivity index (χ3n) is 2.94. The Morgan fingerprint density at radius 3 is 1.67 bits per heavy atom. The summed E-state index contributed by atoms with van der Waals surface area (Å²) in [6.45, 7) is 0. The van der Waals surface area contributed by atoms with E-state index >= 15 is 0 Å². The Bertz CT molecular complexity index is 599. The normalized spacial score (nSPS) is 11.5. The molecule has 2 aromatic carbocycles. The zero-order valence-corrected chi connectivity index (χ0v) is 8.87. The van der Waals surface area contributed by atoms with Gasteiger partial charge in [-0.2, -0.15) is 0 Å². The monoisotopic (exact) mass is 180 g/mol. The quantitative estimate of drug-likeness (QED) is 0.473. The molecule has 0 radical (unpaired) electrons. The van der Waals surface area contributed by atoms with Crippen molar-refractivity contribution < 1.29 is 4.42 Å². The molecule has 0 atom stereocenters. The van der Waals surface area contributed by atoms with E-state index in [1.165, 1.54) is 19.2 Å². The van der Waals surface area contributed by atoms with E-state index in [0.717, 1.165) is 11.2 Å². The molecule has 0 saturated heterocycles. The van der Waals surface area contributed by atoms with Gasteiger partial charge in [-0.1, -0.05) is 0 Å². The van der Waals surface area contributed by atoms with E-state index in [1.807, 2.05) is 24.3 Å². The van der Waals surface area contributed by atoms with Crippen LogP contribution in [-0.2, 0) is 0 Å². The maximum absolute atomic E-state index is 5.81. The molecule has 3 heteroatoms. The molecular weight excluding hydrogens is 174 g/mol. The zero-order valence-electron chi connectivity index (χ0n) is 8.87.